The van der Waals surface area contributed by atoms with Crippen LogP contribution in [0.3, 0.4) is 0 Å². The smallest absolute Gasteiger partial charge is 0.207 e. The van der Waals surface area contributed by atoms with Crippen molar-refractivity contribution in [2.75, 3.05) is 0 Å². The molecule has 22 heteroatoms. The largest absolute Gasteiger partial charge is 0.264 e. The van der Waals surface area contributed by atoms with E-state index < -0.39 is 74.6 Å². The van der Waals surface area contributed by atoms with Gasteiger partial charge in [0, 0.05) is 77.8 Å². The number of rotatable bonds is 5. The van der Waals surface area contributed by atoms with E-state index in [4.69, 9.17) is 53.4 Å². The van der Waals surface area contributed by atoms with Gasteiger partial charge < -0.3 is 0 Å². The van der Waals surface area contributed by atoms with E-state index in [-0.39, 0.29) is 19.5 Å². The van der Waals surface area contributed by atoms with Gasteiger partial charge in [0.05, 0.1) is 0 Å². The number of benzene rings is 1. The molecular formula is C6HCl5O10S6Zn. The van der Waals surface area contributed by atoms with Gasteiger partial charge in [0.1, 0.15) is 24.5 Å². The van der Waals surface area contributed by atoms with Crippen molar-refractivity contribution in [2.24, 2.45) is 0 Å². The Kier molecular flexibility index (Phi) is 9.17. The van der Waals surface area contributed by atoms with Gasteiger partial charge in [-0.2, -0.15) is 0 Å². The summed E-state index contributed by atoms with van der Waals surface area (Å²) in [4.78, 5) is -11.1. The van der Waals surface area contributed by atoms with E-state index in [1.54, 1.807) is 0 Å². The van der Waals surface area contributed by atoms with Gasteiger partial charge in [-0.1, -0.05) is 0 Å². The first kappa shape index (κ1) is 29.4. The summed E-state index contributed by atoms with van der Waals surface area (Å²) in [7, 11) is -2.04. The number of thiol groups is 1. The molecule has 28 heavy (non-hydrogen) atoms. The molecule has 0 radical (unpaired) electrons. The molecule has 0 spiro atoms. The fraction of sp³-hybridized carbons (Fsp3) is 0. The summed E-state index contributed by atoms with van der Waals surface area (Å²) in [5.41, 5.74) is 0. The maximum absolute atomic E-state index is 11.9. The Balaban J connectivity index is 0.00000729. The van der Waals surface area contributed by atoms with E-state index in [0.29, 0.717) is 0 Å². The summed E-state index contributed by atoms with van der Waals surface area (Å²) in [6, 6.07) is 0. The van der Waals surface area contributed by atoms with Gasteiger partial charge in [0.15, 0.2) is 0 Å². The van der Waals surface area contributed by atoms with Crippen molar-refractivity contribution in [3.8, 4) is 0 Å². The first-order valence-electron chi connectivity index (χ1n) is 5.18. The van der Waals surface area contributed by atoms with Crippen molar-refractivity contribution in [3.05, 3.63) is 0 Å². The molecule has 0 saturated heterocycles. The topological polar surface area (TPSA) is 171 Å². The Bertz CT molecular complexity index is 1290. The van der Waals surface area contributed by atoms with Crippen LogP contribution in [0.2, 0.25) is 0 Å². The van der Waals surface area contributed by atoms with Crippen LogP contribution in [0.25, 0.3) is 0 Å². The van der Waals surface area contributed by atoms with Gasteiger partial charge >= 0.3 is 0 Å². The molecule has 0 fully saturated rings. The maximum atomic E-state index is 11.9. The molecule has 0 aliphatic carbocycles. The summed E-state index contributed by atoms with van der Waals surface area (Å²) in [6.07, 6.45) is 0. The van der Waals surface area contributed by atoms with Crippen LogP contribution in [-0.2, 0) is 64.7 Å². The molecule has 0 aliphatic rings. The Morgan fingerprint density at radius 2 is 0.571 bits per heavy atom. The molecule has 158 valence electrons. The molecule has 10 nitrogen and oxygen atoms in total. The van der Waals surface area contributed by atoms with Gasteiger partial charge in [0.25, 0.3) is 45.3 Å². The normalized spacial score (nSPS) is 13.8. The first-order valence-corrected chi connectivity index (χ1v) is 17.2. The molecule has 0 saturated carbocycles. The molecule has 0 unspecified atom stereocenters. The van der Waals surface area contributed by atoms with Gasteiger partial charge in [-0.05, 0) is 0 Å². The third-order valence-corrected chi connectivity index (χ3v) is 10.5. The molecule has 0 heterocycles. The molecule has 1 aromatic rings. The zero-order valence-corrected chi connectivity index (χ0v) is 23.9. The van der Waals surface area contributed by atoms with Crippen molar-refractivity contribution in [1.82, 2.24) is 0 Å². The van der Waals surface area contributed by atoms with Crippen molar-refractivity contribution in [2.45, 2.75) is 29.4 Å². The van der Waals surface area contributed by atoms with Crippen LogP contribution in [0.1, 0.15) is 0 Å². The number of hydrogen-bond acceptors (Lipinski definition) is 11. The Morgan fingerprint density at radius 1 is 0.429 bits per heavy atom. The maximum Gasteiger partial charge on any atom is 0.264 e. The molecule has 0 atom stereocenters. The van der Waals surface area contributed by atoms with E-state index in [2.05, 4.69) is 12.6 Å². The predicted octanol–water partition coefficient (Wildman–Crippen LogP) is 1.61. The van der Waals surface area contributed by atoms with Crippen LogP contribution in [0.15, 0.2) is 29.4 Å². The SMILES string of the molecule is O=S(=O)(Cl)c1c(S)c(S(=O)(=O)Cl)c(S(=O)(=O)Cl)c(S(=O)(=O)Cl)c1S(=O)(=O)Cl.[Zn]. The Labute approximate surface area is 200 Å². The second-order valence-corrected chi connectivity index (χ2v) is 17.1. The second kappa shape index (κ2) is 8.73. The van der Waals surface area contributed by atoms with Crippen LogP contribution in [0, 0.1) is 0 Å². The molecule has 1 rings (SSSR count). The van der Waals surface area contributed by atoms with Gasteiger partial charge in [-0.3, -0.25) is 0 Å². The predicted molar refractivity (Wildman–Crippen MR) is 98.9 cm³/mol. The van der Waals surface area contributed by atoms with E-state index in [0.717, 1.165) is 0 Å². The zero-order chi connectivity index (χ0) is 22.0. The summed E-state index contributed by atoms with van der Waals surface area (Å²) < 4.78 is 118. The summed E-state index contributed by atoms with van der Waals surface area (Å²) in [6.45, 7) is 0. The van der Waals surface area contributed by atoms with Crippen molar-refractivity contribution in [1.29, 1.82) is 0 Å². The summed E-state index contributed by atoms with van der Waals surface area (Å²) in [5.74, 6) is 0. The molecular weight excluding hydrogens is 667 g/mol. The average molecular weight is 668 g/mol. The van der Waals surface area contributed by atoms with Gasteiger partial charge in [-0.25, -0.2) is 42.1 Å². The molecule has 0 bridgehead atoms. The van der Waals surface area contributed by atoms with Crippen molar-refractivity contribution in [3.63, 3.8) is 0 Å². The number of hydrogen-bond donors (Lipinski definition) is 1. The fourth-order valence-electron chi connectivity index (χ4n) is 1.74. The van der Waals surface area contributed by atoms with E-state index in [9.17, 15) is 42.1 Å². The molecule has 1 aromatic carbocycles. The first-order chi connectivity index (χ1) is 11.5. The Hall–Kier alpha value is 1.39. The molecule has 0 aromatic heterocycles. The van der Waals surface area contributed by atoms with E-state index in [1.165, 1.54) is 0 Å². The van der Waals surface area contributed by atoms with Crippen LogP contribution in [0.4, 0.5) is 0 Å². The minimum absolute atomic E-state index is 0. The minimum atomic E-state index is -5.55. The third kappa shape index (κ3) is 6.22. The average Bonchev–Trinajstić information content (AvgIpc) is 2.29. The monoisotopic (exact) mass is 664 g/mol. The zero-order valence-electron chi connectivity index (χ0n) is 12.2. The summed E-state index contributed by atoms with van der Waals surface area (Å²) >= 11 is 3.43. The van der Waals surface area contributed by atoms with Crippen LogP contribution in [-0.4, -0.2) is 42.1 Å². The standard InChI is InChI=1S/C6HCl5O10S6.Zn/c7-23(12,13)2-1(22)3(24(8,14)15)5(26(10,18)19)6(27(11,20)21)4(2)25(9,16)17;/h22H;. The fourth-order valence-corrected chi connectivity index (χ4v) is 12.7. The number of halogens is 5. The van der Waals surface area contributed by atoms with E-state index >= 15 is 0 Å². The summed E-state index contributed by atoms with van der Waals surface area (Å²) in [5, 5.41) is 0. The van der Waals surface area contributed by atoms with Gasteiger partial charge in [0.2, 0.25) is 0 Å². The van der Waals surface area contributed by atoms with Crippen LogP contribution < -0.4 is 0 Å². The van der Waals surface area contributed by atoms with Gasteiger partial charge in [-0.15, -0.1) is 12.6 Å². The Morgan fingerprint density at radius 3 is 0.714 bits per heavy atom. The van der Waals surface area contributed by atoms with Crippen molar-refractivity contribution < 1.29 is 61.6 Å². The van der Waals surface area contributed by atoms with E-state index in [1.807, 2.05) is 0 Å². The quantitative estimate of drug-likeness (QED) is 0.276. The third-order valence-electron chi connectivity index (χ3n) is 2.47. The van der Waals surface area contributed by atoms with Crippen molar-refractivity contribution >= 4 is 111 Å². The molecule has 0 N–H and O–H groups in total. The van der Waals surface area contributed by atoms with Crippen LogP contribution in [0.5, 0.6) is 0 Å². The molecule has 0 amide bonds. The molecule has 0 aliphatic heterocycles. The second-order valence-electron chi connectivity index (χ2n) is 4.18. The van der Waals surface area contributed by atoms with Crippen LogP contribution >= 0.6 is 66.0 Å². The minimum Gasteiger partial charge on any atom is -0.207 e.